The Morgan fingerprint density at radius 2 is 1.89 bits per heavy atom. The highest BCUT2D eigenvalue weighted by molar-refractivity contribution is 6.11. The summed E-state index contributed by atoms with van der Waals surface area (Å²) >= 11 is 0. The number of aromatic nitrogens is 5. The van der Waals surface area contributed by atoms with Crippen molar-refractivity contribution in [3.05, 3.63) is 83.4 Å². The first kappa shape index (κ1) is 31.5. The first-order valence-electron chi connectivity index (χ1n) is 15.4. The maximum Gasteiger partial charge on any atom is 0.410 e. The van der Waals surface area contributed by atoms with Gasteiger partial charge in [-0.1, -0.05) is 23.4 Å². The molecule has 12 nitrogen and oxygen atoms in total. The minimum atomic E-state index is -0.791. The number of rotatable bonds is 5. The zero-order chi connectivity index (χ0) is 33.5. The van der Waals surface area contributed by atoms with Gasteiger partial charge in [0.15, 0.2) is 5.65 Å². The number of hydrogen-bond donors (Lipinski definition) is 1. The third-order valence-corrected chi connectivity index (χ3v) is 8.02. The summed E-state index contributed by atoms with van der Waals surface area (Å²) in [5.41, 5.74) is 1.12. The van der Waals surface area contributed by atoms with E-state index in [2.05, 4.69) is 25.6 Å². The SMILES string of the molecule is CNC(=O)c1ccc2nnn(-c3ccc(C(=O)N(c4nccc5cccc(C)c45)[C@@H]4CCCN(C(=O)OC(C)(C)C)C4)c(F)c3)c2n1. The lowest BCUT2D eigenvalue weighted by atomic mass is 10.00. The molecule has 2 aromatic carbocycles. The first-order valence-corrected chi connectivity index (χ1v) is 15.4. The van der Waals surface area contributed by atoms with Gasteiger partial charge >= 0.3 is 6.09 Å². The number of piperidine rings is 1. The molecule has 0 radical (unpaired) electrons. The molecule has 5 aromatic rings. The minimum absolute atomic E-state index is 0.150. The van der Waals surface area contributed by atoms with Gasteiger partial charge in [0, 0.05) is 37.8 Å². The van der Waals surface area contributed by atoms with Crippen molar-refractivity contribution in [1.29, 1.82) is 0 Å². The van der Waals surface area contributed by atoms with Gasteiger partial charge in [0.1, 0.15) is 28.4 Å². The minimum Gasteiger partial charge on any atom is -0.444 e. The normalized spacial score (nSPS) is 15.1. The number of anilines is 1. The summed E-state index contributed by atoms with van der Waals surface area (Å²) in [5.74, 6) is -1.40. The smallest absolute Gasteiger partial charge is 0.410 e. The summed E-state index contributed by atoms with van der Waals surface area (Å²) < 4.78 is 23.0. The van der Waals surface area contributed by atoms with E-state index < -0.39 is 35.4 Å². The van der Waals surface area contributed by atoms with Crippen LogP contribution in [0.5, 0.6) is 0 Å². The fraction of sp³-hybridized carbons (Fsp3) is 0.324. The molecule has 47 heavy (non-hydrogen) atoms. The Morgan fingerprint density at radius 1 is 1.09 bits per heavy atom. The summed E-state index contributed by atoms with van der Waals surface area (Å²) in [7, 11) is 1.50. The Bertz CT molecular complexity index is 2020. The largest absolute Gasteiger partial charge is 0.444 e. The highest BCUT2D eigenvalue weighted by atomic mass is 19.1. The molecule has 3 aromatic heterocycles. The van der Waals surface area contributed by atoms with Crippen LogP contribution in [0, 0.1) is 12.7 Å². The number of fused-ring (bicyclic) bond motifs is 2. The number of hydrogen-bond acceptors (Lipinski definition) is 8. The van der Waals surface area contributed by atoms with Gasteiger partial charge in [-0.15, -0.1) is 5.10 Å². The van der Waals surface area contributed by atoms with Crippen LogP contribution in [-0.4, -0.2) is 79.5 Å². The Labute approximate surface area is 270 Å². The molecule has 0 saturated carbocycles. The van der Waals surface area contributed by atoms with Crippen molar-refractivity contribution in [2.75, 3.05) is 25.0 Å². The van der Waals surface area contributed by atoms with Crippen molar-refractivity contribution in [2.24, 2.45) is 0 Å². The van der Waals surface area contributed by atoms with Gasteiger partial charge in [-0.25, -0.2) is 19.2 Å². The Kier molecular flexibility index (Phi) is 8.31. The lowest BCUT2D eigenvalue weighted by molar-refractivity contribution is 0.0195. The molecular weight excluding hydrogens is 603 g/mol. The van der Waals surface area contributed by atoms with Crippen LogP contribution in [0.15, 0.2) is 60.8 Å². The monoisotopic (exact) mass is 638 g/mol. The highest BCUT2D eigenvalue weighted by Gasteiger charge is 2.36. The average Bonchev–Trinajstić information content (AvgIpc) is 3.47. The molecule has 13 heteroatoms. The van der Waals surface area contributed by atoms with Crippen LogP contribution in [0.1, 0.15) is 60.0 Å². The van der Waals surface area contributed by atoms with Crippen LogP contribution >= 0.6 is 0 Å². The molecule has 1 atom stereocenters. The predicted octanol–water partition coefficient (Wildman–Crippen LogP) is 5.22. The zero-order valence-corrected chi connectivity index (χ0v) is 26.8. The van der Waals surface area contributed by atoms with Gasteiger partial charge < -0.3 is 15.0 Å². The predicted molar refractivity (Wildman–Crippen MR) is 174 cm³/mol. The molecule has 1 aliphatic rings. The molecule has 6 rings (SSSR count). The third kappa shape index (κ3) is 6.20. The van der Waals surface area contributed by atoms with E-state index >= 15 is 4.39 Å². The summed E-state index contributed by atoms with van der Waals surface area (Å²) in [5, 5.41) is 12.4. The Balaban J connectivity index is 1.41. The number of nitrogens with one attached hydrogen (secondary N) is 1. The van der Waals surface area contributed by atoms with Gasteiger partial charge in [0.05, 0.1) is 17.3 Å². The number of ether oxygens (including phenoxy) is 1. The lowest BCUT2D eigenvalue weighted by Crippen LogP contribution is -2.53. The van der Waals surface area contributed by atoms with Crippen LogP contribution in [0.3, 0.4) is 0 Å². The first-order chi connectivity index (χ1) is 22.4. The number of aryl methyl sites for hydroxylation is 1. The number of nitrogens with zero attached hydrogens (tertiary/aromatic N) is 7. The highest BCUT2D eigenvalue weighted by Crippen LogP contribution is 2.33. The second kappa shape index (κ2) is 12.4. The average molecular weight is 639 g/mol. The number of carbonyl (C=O) groups is 3. The Morgan fingerprint density at radius 3 is 2.64 bits per heavy atom. The molecule has 1 fully saturated rings. The summed E-state index contributed by atoms with van der Waals surface area (Å²) in [6, 6.07) is 14.4. The number of pyridine rings is 2. The van der Waals surface area contributed by atoms with Crippen molar-refractivity contribution >= 4 is 45.7 Å². The standard InChI is InChI=1S/C34H35FN8O4/c1-20-8-6-9-21-15-16-37-30(28(20)21)42(23-10-7-17-41(19-23)33(46)47-34(2,3)4)32(45)24-12-11-22(18-25(24)35)43-29-26(39-40-43)13-14-27(38-29)31(44)36-5/h6,8-9,11-16,18,23H,7,10,17,19H2,1-5H3,(H,36,44)/t23-/m1/s1. The van der Waals surface area contributed by atoms with Gasteiger partial charge in [0.25, 0.3) is 11.8 Å². The van der Waals surface area contributed by atoms with Crippen molar-refractivity contribution in [1.82, 2.24) is 35.2 Å². The van der Waals surface area contributed by atoms with E-state index in [0.29, 0.717) is 30.7 Å². The molecule has 1 N–H and O–H groups in total. The molecular formula is C34H35FN8O4. The molecule has 1 aliphatic heterocycles. The molecule has 4 heterocycles. The van der Waals surface area contributed by atoms with E-state index in [0.717, 1.165) is 16.3 Å². The van der Waals surface area contributed by atoms with Gasteiger partial charge in [-0.3, -0.25) is 14.5 Å². The quantitative estimate of drug-likeness (QED) is 0.277. The third-order valence-electron chi connectivity index (χ3n) is 8.02. The topological polar surface area (TPSA) is 135 Å². The van der Waals surface area contributed by atoms with Gasteiger partial charge in [0.2, 0.25) is 0 Å². The number of amides is 3. The molecule has 0 unspecified atom stereocenters. The fourth-order valence-corrected chi connectivity index (χ4v) is 5.84. The molecule has 242 valence electrons. The van der Waals surface area contributed by atoms with Crippen molar-refractivity contribution < 1.29 is 23.5 Å². The van der Waals surface area contributed by atoms with Gasteiger partial charge in [-0.05, 0) is 81.8 Å². The van der Waals surface area contributed by atoms with Crippen molar-refractivity contribution in [3.8, 4) is 5.69 Å². The fourth-order valence-electron chi connectivity index (χ4n) is 5.84. The second-order valence-corrected chi connectivity index (χ2v) is 12.5. The zero-order valence-electron chi connectivity index (χ0n) is 26.8. The summed E-state index contributed by atoms with van der Waals surface area (Å²) in [6.07, 6.45) is 2.34. The van der Waals surface area contributed by atoms with E-state index in [-0.39, 0.29) is 29.1 Å². The number of benzene rings is 2. The number of carbonyl (C=O) groups excluding carboxylic acids is 3. The van der Waals surface area contributed by atoms with Crippen LogP contribution < -0.4 is 10.2 Å². The van der Waals surface area contributed by atoms with E-state index in [9.17, 15) is 14.4 Å². The Hall–Kier alpha value is -5.46. The number of likely N-dealkylation sites (tertiary alicyclic amines) is 1. The van der Waals surface area contributed by atoms with Gasteiger partial charge in [-0.2, -0.15) is 4.68 Å². The summed E-state index contributed by atoms with van der Waals surface area (Å²) in [4.78, 5) is 51.9. The molecule has 0 aliphatic carbocycles. The molecule has 3 amide bonds. The van der Waals surface area contributed by atoms with E-state index in [1.165, 1.54) is 34.8 Å². The van der Waals surface area contributed by atoms with Crippen LogP contribution in [0.4, 0.5) is 15.0 Å². The van der Waals surface area contributed by atoms with Crippen LogP contribution in [0.25, 0.3) is 27.6 Å². The van der Waals surface area contributed by atoms with Crippen LogP contribution in [0.2, 0.25) is 0 Å². The molecule has 1 saturated heterocycles. The summed E-state index contributed by atoms with van der Waals surface area (Å²) in [6.45, 7) is 8.00. The second-order valence-electron chi connectivity index (χ2n) is 12.5. The van der Waals surface area contributed by atoms with Crippen molar-refractivity contribution in [3.63, 3.8) is 0 Å². The van der Waals surface area contributed by atoms with Crippen LogP contribution in [-0.2, 0) is 4.74 Å². The van der Waals surface area contributed by atoms with E-state index in [4.69, 9.17) is 4.74 Å². The molecule has 0 spiro atoms. The van der Waals surface area contributed by atoms with E-state index in [1.54, 1.807) is 44.0 Å². The maximum absolute atomic E-state index is 16.1. The maximum atomic E-state index is 16.1. The number of halogens is 1. The lowest BCUT2D eigenvalue weighted by Gasteiger charge is -2.39. The van der Waals surface area contributed by atoms with E-state index in [1.807, 2.05) is 31.2 Å². The van der Waals surface area contributed by atoms with Crippen molar-refractivity contribution in [2.45, 2.75) is 52.2 Å². The molecule has 0 bridgehead atoms.